The van der Waals surface area contributed by atoms with Crippen LogP contribution in [0.25, 0.3) is 0 Å². The van der Waals surface area contributed by atoms with E-state index < -0.39 is 0 Å². The molecule has 118 valence electrons. The van der Waals surface area contributed by atoms with Crippen LogP contribution in [0.15, 0.2) is 16.5 Å². The molecule has 1 amide bonds. The van der Waals surface area contributed by atoms with E-state index >= 15 is 0 Å². The number of nitrogens with zero attached hydrogens (tertiary/aromatic N) is 1. The van der Waals surface area contributed by atoms with E-state index in [1.807, 2.05) is 6.07 Å². The second-order valence-corrected chi connectivity index (χ2v) is 6.56. The zero-order valence-electron chi connectivity index (χ0n) is 13.1. The van der Waals surface area contributed by atoms with E-state index in [-0.39, 0.29) is 11.9 Å². The molecular weight excluding hydrogens is 284 g/mol. The summed E-state index contributed by atoms with van der Waals surface area (Å²) in [5.41, 5.74) is 0. The van der Waals surface area contributed by atoms with Crippen LogP contribution in [0, 0.1) is 0 Å². The quantitative estimate of drug-likeness (QED) is 0.785. The van der Waals surface area contributed by atoms with Gasteiger partial charge in [0, 0.05) is 6.54 Å². The topological polar surface area (TPSA) is 45.5 Å². The second kappa shape index (κ2) is 8.49. The molecule has 1 saturated heterocycles. The number of amides is 1. The fourth-order valence-electron chi connectivity index (χ4n) is 2.69. The number of thioether (sulfide) groups is 1. The van der Waals surface area contributed by atoms with Gasteiger partial charge in [-0.25, -0.2) is 0 Å². The SMILES string of the molecule is CSCCCNC(=O)c1ccc([C@H](C)N2CCCCC2)o1. The Labute approximate surface area is 131 Å². The van der Waals surface area contributed by atoms with Crippen LogP contribution in [0.2, 0.25) is 0 Å². The molecular formula is C16H26N2O2S. The van der Waals surface area contributed by atoms with Crippen molar-refractivity contribution in [3.8, 4) is 0 Å². The number of rotatable bonds is 7. The molecule has 0 radical (unpaired) electrons. The van der Waals surface area contributed by atoms with Crippen molar-refractivity contribution in [2.24, 2.45) is 0 Å². The number of furan rings is 1. The van der Waals surface area contributed by atoms with Crippen molar-refractivity contribution in [3.63, 3.8) is 0 Å². The summed E-state index contributed by atoms with van der Waals surface area (Å²) < 4.78 is 5.76. The van der Waals surface area contributed by atoms with Gasteiger partial charge in [-0.05, 0) is 63.4 Å². The maximum absolute atomic E-state index is 12.0. The standard InChI is InChI=1S/C16H26N2O2S/c1-13(18-10-4-3-5-11-18)14-7-8-15(20-14)16(19)17-9-6-12-21-2/h7-8,13H,3-6,9-12H2,1-2H3,(H,17,19)/t13-/m0/s1. The fraction of sp³-hybridized carbons (Fsp3) is 0.688. The largest absolute Gasteiger partial charge is 0.454 e. The summed E-state index contributed by atoms with van der Waals surface area (Å²) >= 11 is 1.79. The van der Waals surface area contributed by atoms with Crippen LogP contribution in [-0.4, -0.2) is 42.4 Å². The second-order valence-electron chi connectivity index (χ2n) is 5.58. The molecule has 21 heavy (non-hydrogen) atoms. The Hall–Kier alpha value is -0.940. The molecule has 1 N–H and O–H groups in total. The molecule has 2 rings (SSSR count). The maximum atomic E-state index is 12.0. The molecule has 0 spiro atoms. The van der Waals surface area contributed by atoms with Crippen molar-refractivity contribution in [1.82, 2.24) is 10.2 Å². The zero-order valence-corrected chi connectivity index (χ0v) is 13.9. The minimum Gasteiger partial charge on any atom is -0.454 e. The lowest BCUT2D eigenvalue weighted by atomic mass is 10.1. The average molecular weight is 310 g/mol. The van der Waals surface area contributed by atoms with Gasteiger partial charge in [0.05, 0.1) is 6.04 Å². The van der Waals surface area contributed by atoms with Crippen LogP contribution < -0.4 is 5.32 Å². The van der Waals surface area contributed by atoms with Crippen molar-refractivity contribution >= 4 is 17.7 Å². The molecule has 1 atom stereocenters. The first-order chi connectivity index (χ1) is 10.2. The number of carbonyl (C=O) groups is 1. The predicted octanol–water partition coefficient (Wildman–Crippen LogP) is 3.31. The normalized spacial score (nSPS) is 17.6. The highest BCUT2D eigenvalue weighted by Gasteiger charge is 2.21. The van der Waals surface area contributed by atoms with E-state index in [0.29, 0.717) is 12.3 Å². The number of hydrogen-bond acceptors (Lipinski definition) is 4. The molecule has 0 unspecified atom stereocenters. The van der Waals surface area contributed by atoms with E-state index in [1.165, 1.54) is 19.3 Å². The van der Waals surface area contributed by atoms with Gasteiger partial charge in [-0.3, -0.25) is 9.69 Å². The van der Waals surface area contributed by atoms with Crippen molar-refractivity contribution in [2.75, 3.05) is 31.6 Å². The number of carbonyl (C=O) groups excluding carboxylic acids is 1. The molecule has 0 aliphatic carbocycles. The molecule has 1 aliphatic heterocycles. The van der Waals surface area contributed by atoms with E-state index in [4.69, 9.17) is 4.42 Å². The molecule has 0 saturated carbocycles. The minimum absolute atomic E-state index is 0.104. The highest BCUT2D eigenvalue weighted by Crippen LogP contribution is 2.25. The van der Waals surface area contributed by atoms with Crippen LogP contribution in [-0.2, 0) is 0 Å². The first-order valence-electron chi connectivity index (χ1n) is 7.83. The first-order valence-corrected chi connectivity index (χ1v) is 9.22. The molecule has 0 aromatic carbocycles. The van der Waals surface area contributed by atoms with Crippen LogP contribution in [0.4, 0.5) is 0 Å². The van der Waals surface area contributed by atoms with Gasteiger partial charge < -0.3 is 9.73 Å². The average Bonchev–Trinajstić information content (AvgIpc) is 3.01. The lowest BCUT2D eigenvalue weighted by Crippen LogP contribution is -2.32. The van der Waals surface area contributed by atoms with Gasteiger partial charge in [-0.15, -0.1) is 0 Å². The third-order valence-electron chi connectivity index (χ3n) is 4.01. The Bertz CT molecular complexity index is 441. The molecule has 4 nitrogen and oxygen atoms in total. The molecule has 0 bridgehead atoms. The summed E-state index contributed by atoms with van der Waals surface area (Å²) in [6, 6.07) is 3.99. The van der Waals surface area contributed by atoms with Gasteiger partial charge in [0.15, 0.2) is 5.76 Å². The maximum Gasteiger partial charge on any atom is 0.286 e. The Kier molecular flexibility index (Phi) is 6.64. The minimum atomic E-state index is -0.104. The van der Waals surface area contributed by atoms with Crippen molar-refractivity contribution in [1.29, 1.82) is 0 Å². The third kappa shape index (κ3) is 4.78. The highest BCUT2D eigenvalue weighted by molar-refractivity contribution is 7.98. The summed E-state index contributed by atoms with van der Waals surface area (Å²) in [5.74, 6) is 2.28. The third-order valence-corrected chi connectivity index (χ3v) is 4.71. The smallest absolute Gasteiger partial charge is 0.286 e. The van der Waals surface area contributed by atoms with Gasteiger partial charge in [0.1, 0.15) is 5.76 Å². The van der Waals surface area contributed by atoms with Gasteiger partial charge in [-0.2, -0.15) is 11.8 Å². The Morgan fingerprint density at radius 2 is 2.14 bits per heavy atom. The van der Waals surface area contributed by atoms with Gasteiger partial charge in [-0.1, -0.05) is 6.42 Å². The van der Waals surface area contributed by atoms with Crippen LogP contribution in [0.3, 0.4) is 0 Å². The zero-order chi connectivity index (χ0) is 15.1. The Morgan fingerprint density at radius 3 is 2.86 bits per heavy atom. The summed E-state index contributed by atoms with van der Waals surface area (Å²) in [7, 11) is 0. The van der Waals surface area contributed by atoms with Crippen molar-refractivity contribution in [2.45, 2.75) is 38.6 Å². The van der Waals surface area contributed by atoms with Crippen molar-refractivity contribution in [3.05, 3.63) is 23.7 Å². The Balaban J connectivity index is 1.86. The lowest BCUT2D eigenvalue weighted by Gasteiger charge is -2.31. The number of piperidine rings is 1. The lowest BCUT2D eigenvalue weighted by molar-refractivity contribution is 0.0917. The van der Waals surface area contributed by atoms with Crippen LogP contribution >= 0.6 is 11.8 Å². The van der Waals surface area contributed by atoms with E-state index in [0.717, 1.165) is 31.0 Å². The van der Waals surface area contributed by atoms with Crippen LogP contribution in [0.1, 0.15) is 55.0 Å². The van der Waals surface area contributed by atoms with Crippen LogP contribution in [0.5, 0.6) is 0 Å². The van der Waals surface area contributed by atoms with E-state index in [1.54, 1.807) is 17.8 Å². The van der Waals surface area contributed by atoms with Gasteiger partial charge in [0.25, 0.3) is 5.91 Å². The fourth-order valence-corrected chi connectivity index (χ4v) is 3.12. The number of likely N-dealkylation sites (tertiary alicyclic amines) is 1. The monoisotopic (exact) mass is 310 g/mol. The summed E-state index contributed by atoms with van der Waals surface area (Å²) in [4.78, 5) is 14.4. The summed E-state index contributed by atoms with van der Waals surface area (Å²) in [5, 5.41) is 2.91. The highest BCUT2D eigenvalue weighted by atomic mass is 32.2. The molecule has 2 heterocycles. The molecule has 1 aliphatic rings. The molecule has 5 heteroatoms. The molecule has 1 aromatic rings. The first kappa shape index (κ1) is 16.4. The van der Waals surface area contributed by atoms with E-state index in [2.05, 4.69) is 23.4 Å². The van der Waals surface area contributed by atoms with E-state index in [9.17, 15) is 4.79 Å². The van der Waals surface area contributed by atoms with Crippen molar-refractivity contribution < 1.29 is 9.21 Å². The number of hydrogen-bond donors (Lipinski definition) is 1. The van der Waals surface area contributed by atoms with Gasteiger partial charge >= 0.3 is 0 Å². The molecule has 1 aromatic heterocycles. The Morgan fingerprint density at radius 1 is 1.38 bits per heavy atom. The number of nitrogens with one attached hydrogen (secondary N) is 1. The molecule has 1 fully saturated rings. The summed E-state index contributed by atoms with van der Waals surface area (Å²) in [6.07, 6.45) is 6.90. The summed E-state index contributed by atoms with van der Waals surface area (Å²) in [6.45, 7) is 5.11. The van der Waals surface area contributed by atoms with Gasteiger partial charge in [0.2, 0.25) is 0 Å². The predicted molar refractivity (Wildman–Crippen MR) is 87.9 cm³/mol.